The Hall–Kier alpha value is -2.67. The van der Waals surface area contributed by atoms with Crippen LogP contribution in [-0.2, 0) is 0 Å². The van der Waals surface area contributed by atoms with E-state index < -0.39 is 11.6 Å². The number of anilines is 2. The number of halogens is 3. The Bertz CT molecular complexity index is 820. The molecule has 0 amide bonds. The Morgan fingerprint density at radius 3 is 2.48 bits per heavy atom. The summed E-state index contributed by atoms with van der Waals surface area (Å²) in [5, 5.41) is 9.46. The van der Waals surface area contributed by atoms with Crippen molar-refractivity contribution in [1.29, 1.82) is 5.41 Å². The van der Waals surface area contributed by atoms with Crippen LogP contribution in [0.3, 0.4) is 0 Å². The number of hydrogen-bond donors (Lipinski definition) is 3. The van der Waals surface area contributed by atoms with Crippen LogP contribution in [0.5, 0.6) is 0 Å². The highest BCUT2D eigenvalue weighted by molar-refractivity contribution is 6.30. The summed E-state index contributed by atoms with van der Waals surface area (Å²) < 4.78 is 27.7. The van der Waals surface area contributed by atoms with Gasteiger partial charge in [-0.15, -0.1) is 0 Å². The molecule has 0 saturated carbocycles. The number of aryl methyl sites for hydroxylation is 1. The van der Waals surface area contributed by atoms with Crippen LogP contribution in [0.2, 0.25) is 5.02 Å². The van der Waals surface area contributed by atoms with Gasteiger partial charge in [0.2, 0.25) is 0 Å². The quantitative estimate of drug-likeness (QED) is 0.479. The molecule has 27 heavy (non-hydrogen) atoms. The van der Waals surface area contributed by atoms with Gasteiger partial charge in [0.05, 0.1) is 29.2 Å². The SMILES string of the molecule is CC(=N)N.CCN(C)C=Nc1c(C)cc(F)cc1Nc1ccc(Cl)cc1F. The van der Waals surface area contributed by atoms with Crippen molar-refractivity contribution in [2.75, 3.05) is 18.9 Å². The van der Waals surface area contributed by atoms with Gasteiger partial charge in [-0.2, -0.15) is 0 Å². The van der Waals surface area contributed by atoms with Gasteiger partial charge in [-0.3, -0.25) is 5.41 Å². The second-order valence-electron chi connectivity index (χ2n) is 5.87. The van der Waals surface area contributed by atoms with Gasteiger partial charge < -0.3 is 16.0 Å². The summed E-state index contributed by atoms with van der Waals surface area (Å²) in [7, 11) is 1.88. The minimum atomic E-state index is -0.514. The number of nitrogens with one attached hydrogen (secondary N) is 2. The zero-order valence-electron chi connectivity index (χ0n) is 15.8. The molecule has 0 heterocycles. The van der Waals surface area contributed by atoms with Crippen LogP contribution in [0.15, 0.2) is 35.3 Å². The number of nitrogens with zero attached hydrogens (tertiary/aromatic N) is 2. The molecule has 0 bridgehead atoms. The van der Waals surface area contributed by atoms with E-state index in [0.717, 1.165) is 6.54 Å². The van der Waals surface area contributed by atoms with Crippen LogP contribution in [0.1, 0.15) is 19.4 Å². The number of amidine groups is 1. The van der Waals surface area contributed by atoms with Gasteiger partial charge in [0.15, 0.2) is 0 Å². The van der Waals surface area contributed by atoms with Gasteiger partial charge in [-0.25, -0.2) is 13.8 Å². The smallest absolute Gasteiger partial charge is 0.148 e. The van der Waals surface area contributed by atoms with E-state index in [4.69, 9.17) is 22.7 Å². The van der Waals surface area contributed by atoms with Crippen LogP contribution >= 0.6 is 11.6 Å². The minimum absolute atomic E-state index is 0.167. The third kappa shape index (κ3) is 7.62. The molecule has 5 nitrogen and oxygen atoms in total. The molecule has 0 fully saturated rings. The molecule has 0 aliphatic heterocycles. The molecule has 0 aliphatic carbocycles. The fourth-order valence-corrected chi connectivity index (χ4v) is 2.13. The topological polar surface area (TPSA) is 77.5 Å². The molecule has 0 unspecified atom stereocenters. The highest BCUT2D eigenvalue weighted by Gasteiger charge is 2.11. The van der Waals surface area contributed by atoms with Crippen LogP contribution in [-0.4, -0.2) is 30.7 Å². The fourth-order valence-electron chi connectivity index (χ4n) is 1.98. The molecular formula is C19H24ClF2N5. The lowest BCUT2D eigenvalue weighted by Crippen LogP contribution is -2.14. The summed E-state index contributed by atoms with van der Waals surface area (Å²) in [4.78, 5) is 6.27. The molecule has 2 aromatic rings. The first kappa shape index (κ1) is 22.4. The lowest BCUT2D eigenvalue weighted by atomic mass is 10.1. The van der Waals surface area contributed by atoms with E-state index in [2.05, 4.69) is 10.3 Å². The van der Waals surface area contributed by atoms with Crippen molar-refractivity contribution in [3.8, 4) is 0 Å². The molecule has 2 aromatic carbocycles. The molecule has 4 N–H and O–H groups in total. The van der Waals surface area contributed by atoms with Crippen molar-refractivity contribution in [1.82, 2.24) is 4.90 Å². The average molecular weight is 396 g/mol. The standard InChI is InChI=1S/C17H18ClF2N3.C2H6N2/c1-4-23(3)10-21-17-11(2)7-13(19)9-16(17)22-15-6-5-12(18)8-14(15)20;1-2(3)4/h5-10,22H,4H2,1-3H3;1H3,(H3,3,4). The van der Waals surface area contributed by atoms with Crippen molar-refractivity contribution in [2.45, 2.75) is 20.8 Å². The second kappa shape index (κ2) is 10.5. The molecule has 0 saturated heterocycles. The first-order valence-electron chi connectivity index (χ1n) is 8.21. The summed E-state index contributed by atoms with van der Waals surface area (Å²) in [6.07, 6.45) is 1.66. The Kier molecular flexibility index (Phi) is 8.68. The maximum Gasteiger partial charge on any atom is 0.148 e. The number of nitrogens with two attached hydrogens (primary N) is 1. The summed E-state index contributed by atoms with van der Waals surface area (Å²) in [5.74, 6) is -0.762. The number of benzene rings is 2. The largest absolute Gasteiger partial charge is 0.388 e. The van der Waals surface area contributed by atoms with E-state index in [1.165, 1.54) is 31.2 Å². The zero-order valence-corrected chi connectivity index (χ0v) is 16.5. The van der Waals surface area contributed by atoms with Crippen molar-refractivity contribution in [2.24, 2.45) is 10.7 Å². The van der Waals surface area contributed by atoms with Crippen LogP contribution in [0.25, 0.3) is 0 Å². The fraction of sp³-hybridized carbons (Fsp3) is 0.263. The van der Waals surface area contributed by atoms with Crippen LogP contribution in [0.4, 0.5) is 25.8 Å². The Morgan fingerprint density at radius 2 is 1.93 bits per heavy atom. The highest BCUT2D eigenvalue weighted by atomic mass is 35.5. The molecule has 0 atom stereocenters. The molecule has 0 aromatic heterocycles. The normalized spacial score (nSPS) is 10.3. The third-order valence-corrected chi connectivity index (χ3v) is 3.58. The minimum Gasteiger partial charge on any atom is -0.388 e. The van der Waals surface area contributed by atoms with E-state index in [9.17, 15) is 8.78 Å². The maximum absolute atomic E-state index is 14.0. The van der Waals surface area contributed by atoms with Gasteiger partial charge >= 0.3 is 0 Å². The van der Waals surface area contributed by atoms with Crippen molar-refractivity contribution in [3.05, 3.63) is 52.6 Å². The second-order valence-corrected chi connectivity index (χ2v) is 6.31. The number of rotatable bonds is 5. The number of hydrogen-bond acceptors (Lipinski definition) is 3. The highest BCUT2D eigenvalue weighted by Crippen LogP contribution is 2.33. The van der Waals surface area contributed by atoms with E-state index >= 15 is 0 Å². The van der Waals surface area contributed by atoms with Crippen LogP contribution < -0.4 is 11.1 Å². The molecule has 2 rings (SSSR count). The predicted molar refractivity (Wildman–Crippen MR) is 110 cm³/mol. The van der Waals surface area contributed by atoms with Crippen LogP contribution in [0, 0.1) is 24.0 Å². The summed E-state index contributed by atoms with van der Waals surface area (Å²) >= 11 is 5.75. The van der Waals surface area contributed by atoms with Crippen molar-refractivity contribution < 1.29 is 8.78 Å². The van der Waals surface area contributed by atoms with Gasteiger partial charge in [0.25, 0.3) is 0 Å². The Morgan fingerprint density at radius 1 is 1.30 bits per heavy atom. The predicted octanol–water partition coefficient (Wildman–Crippen LogP) is 5.22. The zero-order chi connectivity index (χ0) is 20.6. The van der Waals surface area contributed by atoms with E-state index in [0.29, 0.717) is 22.0 Å². The first-order valence-corrected chi connectivity index (χ1v) is 8.59. The third-order valence-electron chi connectivity index (χ3n) is 3.35. The summed E-state index contributed by atoms with van der Waals surface area (Å²) in [5.41, 5.74) is 6.51. The molecule has 8 heteroatoms. The lowest BCUT2D eigenvalue weighted by molar-refractivity contribution is 0.552. The number of aliphatic imine (C=N–C) groups is 1. The maximum atomic E-state index is 14.0. The monoisotopic (exact) mass is 395 g/mol. The van der Waals surface area contributed by atoms with Gasteiger partial charge in [-0.1, -0.05) is 11.6 Å². The molecule has 146 valence electrons. The van der Waals surface area contributed by atoms with E-state index in [1.807, 2.05) is 18.9 Å². The van der Waals surface area contributed by atoms with Crippen molar-refractivity contribution >= 4 is 40.8 Å². The Balaban J connectivity index is 0.000000828. The lowest BCUT2D eigenvalue weighted by Gasteiger charge is -2.14. The molecule has 0 aliphatic rings. The van der Waals surface area contributed by atoms with E-state index in [1.54, 1.807) is 19.3 Å². The van der Waals surface area contributed by atoms with Gasteiger partial charge in [0.1, 0.15) is 11.6 Å². The van der Waals surface area contributed by atoms with E-state index in [-0.39, 0.29) is 11.5 Å². The van der Waals surface area contributed by atoms with Crippen molar-refractivity contribution in [3.63, 3.8) is 0 Å². The summed E-state index contributed by atoms with van der Waals surface area (Å²) in [6.45, 7) is 6.06. The average Bonchev–Trinajstić information content (AvgIpc) is 2.55. The Labute approximate surface area is 163 Å². The van der Waals surface area contributed by atoms with Gasteiger partial charge in [-0.05, 0) is 56.7 Å². The summed E-state index contributed by atoms with van der Waals surface area (Å²) in [6, 6.07) is 6.95. The van der Waals surface area contributed by atoms with Gasteiger partial charge in [0, 0.05) is 18.6 Å². The molecular weight excluding hydrogens is 372 g/mol. The first-order chi connectivity index (χ1) is 12.6. The molecule has 0 spiro atoms. The molecule has 0 radical (unpaired) electrons.